The fourth-order valence-corrected chi connectivity index (χ4v) is 2.85. The van der Waals surface area contributed by atoms with E-state index in [0.29, 0.717) is 19.5 Å². The number of carbonyl (C=O) groups is 1. The van der Waals surface area contributed by atoms with Gasteiger partial charge in [-0.3, -0.25) is 4.79 Å². The summed E-state index contributed by atoms with van der Waals surface area (Å²) in [4.78, 5) is 13.9. The number of rotatable bonds is 10. The van der Waals surface area contributed by atoms with Crippen LogP contribution in [0.5, 0.6) is 5.75 Å². The Hall–Kier alpha value is -1.64. The van der Waals surface area contributed by atoms with Crippen molar-refractivity contribution in [1.29, 1.82) is 0 Å². The number of carbonyl (C=O) groups excluding carboxylic acids is 1. The van der Waals surface area contributed by atoms with Crippen molar-refractivity contribution >= 4 is 15.9 Å². The fourth-order valence-electron chi connectivity index (χ4n) is 2.08. The lowest BCUT2D eigenvalue weighted by molar-refractivity contribution is -0.121. The minimum absolute atomic E-state index is 0.170. The van der Waals surface area contributed by atoms with Gasteiger partial charge in [-0.15, -0.1) is 0 Å². The van der Waals surface area contributed by atoms with Gasteiger partial charge in [0.25, 0.3) is 0 Å². The summed E-state index contributed by atoms with van der Waals surface area (Å²) >= 11 is 0. The van der Waals surface area contributed by atoms with Gasteiger partial charge in [-0.05, 0) is 38.2 Å². The summed E-state index contributed by atoms with van der Waals surface area (Å²) in [5.74, 6) is 0.424. The Balaban J connectivity index is 2.61. The number of benzene rings is 1. The van der Waals surface area contributed by atoms with Gasteiger partial charge in [0.2, 0.25) is 15.9 Å². The van der Waals surface area contributed by atoms with Gasteiger partial charge < -0.3 is 15.0 Å². The largest absolute Gasteiger partial charge is 0.497 e. The molecule has 1 rings (SSSR count). The highest BCUT2D eigenvalue weighted by molar-refractivity contribution is 7.88. The molecule has 0 fully saturated rings. The number of hydrogen-bond donors (Lipinski definition) is 1. The van der Waals surface area contributed by atoms with Crippen molar-refractivity contribution in [3.63, 3.8) is 0 Å². The average Bonchev–Trinajstić information content (AvgIpc) is 2.50. The number of nitrogens with zero attached hydrogens (tertiary/aromatic N) is 2. The molecule has 0 aliphatic rings. The Morgan fingerprint density at radius 3 is 2.54 bits per heavy atom. The van der Waals surface area contributed by atoms with Crippen molar-refractivity contribution in [2.75, 3.05) is 53.6 Å². The highest BCUT2D eigenvalue weighted by atomic mass is 32.2. The number of likely N-dealkylation sites (N-methyl/N-ethyl adjacent to an activating group) is 1. The van der Waals surface area contributed by atoms with Gasteiger partial charge in [0.15, 0.2) is 0 Å². The standard InChI is InChI=1S/C16H27N3O4S/c1-18(2)11-9-17-16(20)13-19(24(4,21)22)10-8-14-6-5-7-15(12-14)23-3/h5-7,12H,8-11,13H2,1-4H3,(H,17,20). The number of nitrogens with one attached hydrogen (secondary N) is 1. The Morgan fingerprint density at radius 2 is 1.96 bits per heavy atom. The monoisotopic (exact) mass is 357 g/mol. The Morgan fingerprint density at radius 1 is 1.25 bits per heavy atom. The lowest BCUT2D eigenvalue weighted by Gasteiger charge is -2.20. The van der Waals surface area contributed by atoms with Gasteiger partial charge in [-0.25, -0.2) is 8.42 Å². The minimum Gasteiger partial charge on any atom is -0.497 e. The molecule has 0 saturated carbocycles. The first-order chi connectivity index (χ1) is 11.2. The van der Waals surface area contributed by atoms with E-state index in [9.17, 15) is 13.2 Å². The van der Waals surface area contributed by atoms with E-state index in [-0.39, 0.29) is 19.0 Å². The lowest BCUT2D eigenvalue weighted by atomic mass is 10.1. The third-order valence-corrected chi connectivity index (χ3v) is 4.70. The van der Waals surface area contributed by atoms with Crippen LogP contribution in [0.15, 0.2) is 24.3 Å². The zero-order valence-electron chi connectivity index (χ0n) is 14.8. The molecule has 136 valence electrons. The smallest absolute Gasteiger partial charge is 0.235 e. The first-order valence-electron chi connectivity index (χ1n) is 7.72. The van der Waals surface area contributed by atoms with Gasteiger partial charge in [0.05, 0.1) is 19.9 Å². The Bertz CT molecular complexity index is 632. The molecule has 1 N–H and O–H groups in total. The van der Waals surface area contributed by atoms with Crippen molar-refractivity contribution in [3.8, 4) is 5.75 Å². The fraction of sp³-hybridized carbons (Fsp3) is 0.562. The molecule has 8 heteroatoms. The van der Waals surface area contributed by atoms with Crippen molar-refractivity contribution in [2.45, 2.75) is 6.42 Å². The van der Waals surface area contributed by atoms with Crippen LogP contribution in [0.4, 0.5) is 0 Å². The first kappa shape index (κ1) is 20.4. The second-order valence-corrected chi connectivity index (χ2v) is 7.83. The van der Waals surface area contributed by atoms with Crippen LogP contribution in [-0.2, 0) is 21.2 Å². The first-order valence-corrected chi connectivity index (χ1v) is 9.56. The number of amides is 1. The molecule has 0 spiro atoms. The molecule has 7 nitrogen and oxygen atoms in total. The van der Waals surface area contributed by atoms with Crippen molar-refractivity contribution < 1.29 is 17.9 Å². The van der Waals surface area contributed by atoms with E-state index in [1.807, 2.05) is 43.3 Å². The molecule has 0 heterocycles. The molecule has 0 radical (unpaired) electrons. The molecular formula is C16H27N3O4S. The molecule has 1 aromatic carbocycles. The van der Waals surface area contributed by atoms with Gasteiger partial charge in [-0.1, -0.05) is 12.1 Å². The van der Waals surface area contributed by atoms with Crippen molar-refractivity contribution in [2.24, 2.45) is 0 Å². The normalized spacial score (nSPS) is 11.8. The minimum atomic E-state index is -3.46. The summed E-state index contributed by atoms with van der Waals surface area (Å²) in [6.07, 6.45) is 1.63. The highest BCUT2D eigenvalue weighted by Gasteiger charge is 2.19. The van der Waals surface area contributed by atoms with E-state index >= 15 is 0 Å². The van der Waals surface area contributed by atoms with Crippen LogP contribution in [0, 0.1) is 0 Å². The summed E-state index contributed by atoms with van der Waals surface area (Å²) in [7, 11) is 1.94. The maximum Gasteiger partial charge on any atom is 0.235 e. The van der Waals surface area contributed by atoms with E-state index in [4.69, 9.17) is 4.74 Å². The van der Waals surface area contributed by atoms with Crippen LogP contribution in [0.25, 0.3) is 0 Å². The van der Waals surface area contributed by atoms with E-state index in [2.05, 4.69) is 5.32 Å². The van der Waals surface area contributed by atoms with Crippen LogP contribution in [-0.4, -0.2) is 77.2 Å². The molecule has 0 unspecified atom stereocenters. The van der Waals surface area contributed by atoms with Crippen LogP contribution in [0.1, 0.15) is 5.56 Å². The van der Waals surface area contributed by atoms with Crippen LogP contribution in [0.2, 0.25) is 0 Å². The highest BCUT2D eigenvalue weighted by Crippen LogP contribution is 2.13. The maximum atomic E-state index is 11.9. The van der Waals surface area contributed by atoms with Crippen LogP contribution in [0.3, 0.4) is 0 Å². The topological polar surface area (TPSA) is 79.0 Å². The van der Waals surface area contributed by atoms with Gasteiger partial charge in [-0.2, -0.15) is 4.31 Å². The second-order valence-electron chi connectivity index (χ2n) is 5.85. The Kier molecular flexibility index (Phi) is 8.17. The van der Waals surface area contributed by atoms with Gasteiger partial charge >= 0.3 is 0 Å². The molecule has 0 aliphatic heterocycles. The van der Waals surface area contributed by atoms with Gasteiger partial charge in [0, 0.05) is 19.6 Å². The van der Waals surface area contributed by atoms with Crippen molar-refractivity contribution in [1.82, 2.24) is 14.5 Å². The number of hydrogen-bond acceptors (Lipinski definition) is 5. The molecule has 0 aromatic heterocycles. The third kappa shape index (κ3) is 7.76. The van der Waals surface area contributed by atoms with Gasteiger partial charge in [0.1, 0.15) is 5.75 Å². The number of sulfonamides is 1. The SMILES string of the molecule is COc1cccc(CCN(CC(=O)NCCN(C)C)S(C)(=O)=O)c1. The zero-order valence-corrected chi connectivity index (χ0v) is 15.6. The Labute approximate surface area is 144 Å². The summed E-state index contributed by atoms with van der Waals surface area (Å²) in [5.41, 5.74) is 0.955. The molecular weight excluding hydrogens is 330 g/mol. The second kappa shape index (κ2) is 9.61. The van der Waals surface area contributed by atoms with E-state index in [1.54, 1.807) is 7.11 Å². The number of methoxy groups -OCH3 is 1. The van der Waals surface area contributed by atoms with Crippen LogP contribution < -0.4 is 10.1 Å². The van der Waals surface area contributed by atoms with E-state index in [0.717, 1.165) is 17.6 Å². The third-order valence-electron chi connectivity index (χ3n) is 3.45. The molecule has 1 aromatic rings. The van der Waals surface area contributed by atoms with Crippen molar-refractivity contribution in [3.05, 3.63) is 29.8 Å². The summed E-state index contributed by atoms with van der Waals surface area (Å²) in [6, 6.07) is 7.45. The summed E-state index contributed by atoms with van der Waals surface area (Å²) < 4.78 is 30.2. The summed E-state index contributed by atoms with van der Waals surface area (Å²) in [5, 5.41) is 2.73. The van der Waals surface area contributed by atoms with Crippen LogP contribution >= 0.6 is 0 Å². The molecule has 0 atom stereocenters. The summed E-state index contributed by atoms with van der Waals surface area (Å²) in [6.45, 7) is 1.26. The quantitative estimate of drug-likeness (QED) is 0.646. The molecule has 24 heavy (non-hydrogen) atoms. The zero-order chi connectivity index (χ0) is 18.2. The predicted molar refractivity (Wildman–Crippen MR) is 94.7 cm³/mol. The molecule has 1 amide bonds. The molecule has 0 bridgehead atoms. The predicted octanol–water partition coefficient (Wildman–Crippen LogP) is 0.177. The number of ether oxygens (including phenoxy) is 1. The average molecular weight is 357 g/mol. The molecule has 0 saturated heterocycles. The van der Waals surface area contributed by atoms with E-state index in [1.165, 1.54) is 4.31 Å². The lowest BCUT2D eigenvalue weighted by Crippen LogP contribution is -2.42. The molecule has 0 aliphatic carbocycles. The van der Waals surface area contributed by atoms with E-state index < -0.39 is 10.0 Å². The maximum absolute atomic E-state index is 11.9.